The van der Waals surface area contributed by atoms with Crippen LogP contribution in [0.5, 0.6) is 0 Å². The molecule has 0 unspecified atom stereocenters. The van der Waals surface area contributed by atoms with Crippen LogP contribution < -0.4 is 0 Å². The monoisotopic (exact) mass is 714 g/mol. The van der Waals surface area contributed by atoms with Gasteiger partial charge in [0.25, 0.3) is 0 Å². The molecule has 0 aromatic heterocycles. The number of rotatable bonds is 23. The van der Waals surface area contributed by atoms with Crippen LogP contribution in [0.4, 0.5) is 4.79 Å². The standard InChI is InChI=1S/C41H54N4O7/c1-41(2,3)52-40(48)45(51-34-37-24-12-6-13-25-37)31-19-15-27-39(47)44(50-33-36-22-10-5-11-23-36)30-18-14-26-38(46)43(29-17-7-16-28-42)49-32-35-20-8-4-9-21-35/h4-6,8-13,20-25H,7,14-19,26-27,29-34H2,1-3H3. The number of hydrogen-bond donors (Lipinski definition) is 0. The first-order valence-corrected chi connectivity index (χ1v) is 18.1. The van der Waals surface area contributed by atoms with Crippen LogP contribution in [0, 0.1) is 11.3 Å². The predicted octanol–water partition coefficient (Wildman–Crippen LogP) is 8.31. The molecule has 0 atom stereocenters. The Kier molecular flexibility index (Phi) is 19.0. The second-order valence-electron chi connectivity index (χ2n) is 13.4. The summed E-state index contributed by atoms with van der Waals surface area (Å²) < 4.78 is 5.55. The smallest absolute Gasteiger partial charge is 0.434 e. The predicted molar refractivity (Wildman–Crippen MR) is 197 cm³/mol. The van der Waals surface area contributed by atoms with Crippen LogP contribution in [0.25, 0.3) is 0 Å². The fourth-order valence-corrected chi connectivity index (χ4v) is 5.00. The number of amides is 3. The van der Waals surface area contributed by atoms with E-state index in [1.807, 2.05) is 91.0 Å². The van der Waals surface area contributed by atoms with Gasteiger partial charge in [0.2, 0.25) is 11.8 Å². The summed E-state index contributed by atoms with van der Waals surface area (Å²) in [4.78, 5) is 57.2. The van der Waals surface area contributed by atoms with Crippen molar-refractivity contribution < 1.29 is 33.6 Å². The highest BCUT2D eigenvalue weighted by Gasteiger charge is 2.24. The zero-order chi connectivity index (χ0) is 37.4. The van der Waals surface area contributed by atoms with Crippen molar-refractivity contribution in [1.82, 2.24) is 15.2 Å². The molecule has 280 valence electrons. The van der Waals surface area contributed by atoms with E-state index in [2.05, 4.69) is 6.07 Å². The first-order chi connectivity index (χ1) is 25.1. The molecule has 0 spiro atoms. The van der Waals surface area contributed by atoms with Crippen molar-refractivity contribution in [2.24, 2.45) is 0 Å². The molecule has 0 radical (unpaired) electrons. The maximum atomic E-state index is 13.4. The number of nitrogens with zero attached hydrogens (tertiary/aromatic N) is 4. The van der Waals surface area contributed by atoms with Gasteiger partial charge < -0.3 is 4.74 Å². The van der Waals surface area contributed by atoms with Crippen LogP contribution >= 0.6 is 0 Å². The second kappa shape index (κ2) is 23.7. The van der Waals surface area contributed by atoms with E-state index in [4.69, 9.17) is 24.5 Å². The fourth-order valence-electron chi connectivity index (χ4n) is 5.00. The molecule has 11 heteroatoms. The molecule has 0 aliphatic carbocycles. The molecule has 0 heterocycles. The van der Waals surface area contributed by atoms with E-state index in [9.17, 15) is 14.4 Å². The molecule has 3 aromatic rings. The number of nitriles is 1. The van der Waals surface area contributed by atoms with Gasteiger partial charge in [-0.2, -0.15) is 10.3 Å². The third-order valence-electron chi connectivity index (χ3n) is 7.75. The maximum Gasteiger partial charge on any atom is 0.434 e. The summed E-state index contributed by atoms with van der Waals surface area (Å²) >= 11 is 0. The van der Waals surface area contributed by atoms with E-state index in [-0.39, 0.29) is 51.0 Å². The van der Waals surface area contributed by atoms with Crippen LogP contribution in [0.2, 0.25) is 0 Å². The lowest BCUT2D eigenvalue weighted by molar-refractivity contribution is -0.194. The Balaban J connectivity index is 1.52. The SMILES string of the molecule is CC(C)(C)OC(=O)N(CCCCC(=O)N(CCCCC(=O)N(CCCCC#N)OCc1ccccc1)OCc1ccccc1)OCc1ccccc1. The topological polar surface area (TPSA) is 122 Å². The van der Waals surface area contributed by atoms with Gasteiger partial charge >= 0.3 is 6.09 Å². The fraction of sp³-hybridized carbons (Fsp3) is 0.463. The molecule has 52 heavy (non-hydrogen) atoms. The van der Waals surface area contributed by atoms with Gasteiger partial charge in [-0.15, -0.1) is 0 Å². The van der Waals surface area contributed by atoms with Crippen LogP contribution in [0.3, 0.4) is 0 Å². The number of hydrogen-bond acceptors (Lipinski definition) is 8. The minimum Gasteiger partial charge on any atom is -0.442 e. The molecule has 0 aliphatic rings. The zero-order valence-corrected chi connectivity index (χ0v) is 30.9. The van der Waals surface area contributed by atoms with Crippen molar-refractivity contribution in [1.29, 1.82) is 5.26 Å². The summed E-state index contributed by atoms with van der Waals surface area (Å²) in [6.45, 7) is 7.08. The maximum absolute atomic E-state index is 13.4. The highest BCUT2D eigenvalue weighted by molar-refractivity contribution is 5.75. The van der Waals surface area contributed by atoms with Crippen molar-refractivity contribution in [2.45, 2.75) is 104 Å². The van der Waals surface area contributed by atoms with Crippen LogP contribution in [0.15, 0.2) is 91.0 Å². The normalized spacial score (nSPS) is 11.0. The Bertz CT molecular complexity index is 1490. The Hall–Kier alpha value is -4.76. The number of unbranched alkanes of at least 4 members (excludes halogenated alkanes) is 4. The van der Waals surface area contributed by atoms with Gasteiger partial charge in [-0.25, -0.2) is 14.9 Å². The summed E-state index contributed by atoms with van der Waals surface area (Å²) in [6.07, 6.45) is 3.74. The van der Waals surface area contributed by atoms with Gasteiger partial charge in [0, 0.05) is 32.4 Å². The third kappa shape index (κ3) is 17.4. The van der Waals surface area contributed by atoms with Crippen molar-refractivity contribution in [3.8, 4) is 6.07 Å². The Morgan fingerprint density at radius 1 is 0.558 bits per heavy atom. The van der Waals surface area contributed by atoms with E-state index in [1.165, 1.54) is 15.2 Å². The molecule has 0 fully saturated rings. The van der Waals surface area contributed by atoms with Crippen LogP contribution in [0.1, 0.15) is 95.2 Å². The van der Waals surface area contributed by atoms with Crippen molar-refractivity contribution in [2.75, 3.05) is 19.6 Å². The number of ether oxygens (including phenoxy) is 1. The Morgan fingerprint density at radius 2 is 0.923 bits per heavy atom. The van der Waals surface area contributed by atoms with Gasteiger partial charge in [-0.1, -0.05) is 91.0 Å². The molecular formula is C41H54N4O7. The lowest BCUT2D eigenvalue weighted by Gasteiger charge is -2.27. The van der Waals surface area contributed by atoms with Crippen LogP contribution in [-0.2, 0) is 48.7 Å². The summed E-state index contributed by atoms with van der Waals surface area (Å²) in [7, 11) is 0. The minimum absolute atomic E-state index is 0.139. The first kappa shape index (κ1) is 41.7. The van der Waals surface area contributed by atoms with Crippen molar-refractivity contribution >= 4 is 17.9 Å². The molecule has 0 saturated heterocycles. The van der Waals surface area contributed by atoms with Crippen molar-refractivity contribution in [3.63, 3.8) is 0 Å². The second-order valence-corrected chi connectivity index (χ2v) is 13.4. The Morgan fingerprint density at radius 3 is 1.31 bits per heavy atom. The number of carbonyl (C=O) groups excluding carboxylic acids is 3. The van der Waals surface area contributed by atoms with Crippen LogP contribution in [-0.4, -0.2) is 58.3 Å². The van der Waals surface area contributed by atoms with Gasteiger partial charge in [0.05, 0.1) is 12.6 Å². The summed E-state index contributed by atoms with van der Waals surface area (Å²) in [5.41, 5.74) is 2.12. The highest BCUT2D eigenvalue weighted by Crippen LogP contribution is 2.15. The lowest BCUT2D eigenvalue weighted by Crippen LogP contribution is -2.37. The number of hydroxylamine groups is 6. The highest BCUT2D eigenvalue weighted by atomic mass is 16.7. The van der Waals surface area contributed by atoms with Crippen molar-refractivity contribution in [3.05, 3.63) is 108 Å². The van der Waals surface area contributed by atoms with Gasteiger partial charge in [-0.3, -0.25) is 24.1 Å². The van der Waals surface area contributed by atoms with Gasteiger partial charge in [0.15, 0.2) is 0 Å². The quantitative estimate of drug-likeness (QED) is 0.0710. The third-order valence-corrected chi connectivity index (χ3v) is 7.75. The summed E-state index contributed by atoms with van der Waals surface area (Å²) in [5.74, 6) is -0.318. The molecular weight excluding hydrogens is 660 g/mol. The number of carbonyl (C=O) groups is 3. The minimum atomic E-state index is -0.686. The largest absolute Gasteiger partial charge is 0.442 e. The average molecular weight is 715 g/mol. The molecule has 0 saturated carbocycles. The zero-order valence-electron chi connectivity index (χ0n) is 30.9. The van der Waals surface area contributed by atoms with E-state index in [0.717, 1.165) is 16.7 Å². The molecule has 3 aromatic carbocycles. The van der Waals surface area contributed by atoms with E-state index in [0.29, 0.717) is 58.0 Å². The molecule has 0 N–H and O–H groups in total. The molecule has 11 nitrogen and oxygen atoms in total. The van der Waals surface area contributed by atoms with E-state index >= 15 is 0 Å². The average Bonchev–Trinajstić information content (AvgIpc) is 3.14. The summed E-state index contributed by atoms with van der Waals surface area (Å²) in [5, 5.41) is 12.9. The molecule has 0 bridgehead atoms. The molecule has 3 amide bonds. The lowest BCUT2D eigenvalue weighted by atomic mass is 10.2. The van der Waals surface area contributed by atoms with Gasteiger partial charge in [-0.05, 0) is 76.0 Å². The first-order valence-electron chi connectivity index (χ1n) is 18.1. The Labute approximate surface area is 308 Å². The molecule has 3 rings (SSSR count). The van der Waals surface area contributed by atoms with E-state index < -0.39 is 11.7 Å². The number of benzene rings is 3. The van der Waals surface area contributed by atoms with Gasteiger partial charge in [0.1, 0.15) is 25.4 Å². The summed E-state index contributed by atoms with van der Waals surface area (Å²) in [6, 6.07) is 31.0. The van der Waals surface area contributed by atoms with E-state index in [1.54, 1.807) is 20.8 Å². The molecule has 0 aliphatic heterocycles.